The van der Waals surface area contributed by atoms with Crippen LogP contribution in [0, 0.1) is 5.92 Å². The maximum Gasteiger partial charge on any atom is 0.166 e. The van der Waals surface area contributed by atoms with Crippen molar-refractivity contribution < 1.29 is 9.47 Å². The maximum absolute atomic E-state index is 6.34. The van der Waals surface area contributed by atoms with Gasteiger partial charge in [-0.1, -0.05) is 19.1 Å². The minimum atomic E-state index is 0.345. The Bertz CT molecular complexity index is 462. The van der Waals surface area contributed by atoms with Crippen LogP contribution in [0.2, 0.25) is 0 Å². The summed E-state index contributed by atoms with van der Waals surface area (Å²) in [6.45, 7) is 3.21. The highest BCUT2D eigenvalue weighted by atomic mass is 16.5. The number of ether oxygens (including phenoxy) is 2. The van der Waals surface area contributed by atoms with E-state index in [4.69, 9.17) is 9.47 Å². The van der Waals surface area contributed by atoms with Gasteiger partial charge in [-0.25, -0.2) is 0 Å². The highest BCUT2D eigenvalue weighted by Crippen LogP contribution is 2.35. The van der Waals surface area contributed by atoms with Crippen LogP contribution >= 0.6 is 0 Å². The van der Waals surface area contributed by atoms with E-state index in [0.717, 1.165) is 36.8 Å². The van der Waals surface area contributed by atoms with E-state index < -0.39 is 0 Å². The number of hydrogen-bond acceptors (Lipinski definition) is 3. The predicted molar refractivity (Wildman–Crippen MR) is 84.9 cm³/mol. The molecule has 1 N–H and O–H groups in total. The predicted octanol–water partition coefficient (Wildman–Crippen LogP) is 3.90. The molecule has 0 heterocycles. The Labute approximate surface area is 128 Å². The molecular weight excluding hydrogens is 262 g/mol. The van der Waals surface area contributed by atoms with Gasteiger partial charge in [-0.3, -0.25) is 0 Å². The molecule has 0 saturated heterocycles. The van der Waals surface area contributed by atoms with E-state index in [1.54, 1.807) is 7.11 Å². The third-order valence-corrected chi connectivity index (χ3v) is 4.69. The molecule has 3 heteroatoms. The summed E-state index contributed by atoms with van der Waals surface area (Å²) in [6.07, 6.45) is 7.83. The topological polar surface area (TPSA) is 30.5 Å². The van der Waals surface area contributed by atoms with Crippen LogP contribution in [-0.2, 0) is 6.54 Å². The lowest BCUT2D eigenvalue weighted by Crippen LogP contribution is -2.24. The molecule has 3 nitrogen and oxygen atoms in total. The van der Waals surface area contributed by atoms with Crippen molar-refractivity contribution in [3.05, 3.63) is 23.8 Å². The molecule has 0 unspecified atom stereocenters. The summed E-state index contributed by atoms with van der Waals surface area (Å²) < 4.78 is 11.9. The van der Waals surface area contributed by atoms with Gasteiger partial charge in [-0.2, -0.15) is 0 Å². The Morgan fingerprint density at radius 3 is 2.52 bits per heavy atom. The molecule has 0 aromatic heterocycles. The van der Waals surface area contributed by atoms with Crippen molar-refractivity contribution in [3.63, 3.8) is 0 Å². The van der Waals surface area contributed by atoms with Gasteiger partial charge in [-0.15, -0.1) is 0 Å². The zero-order valence-corrected chi connectivity index (χ0v) is 13.2. The van der Waals surface area contributed by atoms with Crippen molar-refractivity contribution in [3.8, 4) is 11.5 Å². The summed E-state index contributed by atoms with van der Waals surface area (Å²) in [4.78, 5) is 0. The zero-order chi connectivity index (χ0) is 14.7. The van der Waals surface area contributed by atoms with E-state index >= 15 is 0 Å². The second-order valence-electron chi connectivity index (χ2n) is 6.60. The molecule has 0 bridgehead atoms. The van der Waals surface area contributed by atoms with Gasteiger partial charge >= 0.3 is 0 Å². The Kier molecular flexibility index (Phi) is 4.69. The highest BCUT2D eigenvalue weighted by molar-refractivity contribution is 5.46. The van der Waals surface area contributed by atoms with Crippen LogP contribution in [0.15, 0.2) is 18.2 Å². The molecule has 3 rings (SSSR count). The third kappa shape index (κ3) is 3.91. The van der Waals surface area contributed by atoms with Crippen LogP contribution in [0.5, 0.6) is 11.5 Å². The summed E-state index contributed by atoms with van der Waals surface area (Å²) in [6, 6.07) is 6.91. The van der Waals surface area contributed by atoms with E-state index in [9.17, 15) is 0 Å². The van der Waals surface area contributed by atoms with Gasteiger partial charge in [0.25, 0.3) is 0 Å². The monoisotopic (exact) mass is 289 g/mol. The summed E-state index contributed by atoms with van der Waals surface area (Å²) >= 11 is 0. The van der Waals surface area contributed by atoms with Gasteiger partial charge in [0.2, 0.25) is 0 Å². The minimum absolute atomic E-state index is 0.345. The standard InChI is InChI=1S/C18H27NO2/c1-13-6-10-16(11-7-13)21-18-14(12-19-15-8-9-15)4-3-5-17(18)20-2/h3-5,13,15-16,19H,6-12H2,1-2H3. The van der Waals surface area contributed by atoms with Crippen LogP contribution in [0.4, 0.5) is 0 Å². The molecule has 0 amide bonds. The average molecular weight is 289 g/mol. The maximum atomic E-state index is 6.34. The van der Waals surface area contributed by atoms with Crippen LogP contribution in [0.1, 0.15) is 51.0 Å². The molecule has 0 spiro atoms. The van der Waals surface area contributed by atoms with Crippen molar-refractivity contribution in [1.82, 2.24) is 5.32 Å². The van der Waals surface area contributed by atoms with Gasteiger partial charge in [0, 0.05) is 18.2 Å². The van der Waals surface area contributed by atoms with Crippen LogP contribution < -0.4 is 14.8 Å². The number of rotatable bonds is 6. The van der Waals surface area contributed by atoms with Crippen molar-refractivity contribution in [2.75, 3.05) is 7.11 Å². The van der Waals surface area contributed by atoms with E-state index in [2.05, 4.69) is 24.4 Å². The van der Waals surface area contributed by atoms with E-state index in [1.165, 1.54) is 31.2 Å². The molecule has 21 heavy (non-hydrogen) atoms. The summed E-state index contributed by atoms with van der Waals surface area (Å²) in [5.74, 6) is 2.66. The quantitative estimate of drug-likeness (QED) is 0.861. The fourth-order valence-electron chi connectivity index (χ4n) is 3.05. The molecule has 2 saturated carbocycles. The van der Waals surface area contributed by atoms with Gasteiger partial charge < -0.3 is 14.8 Å². The van der Waals surface area contributed by atoms with Gasteiger partial charge in [0.15, 0.2) is 11.5 Å². The van der Waals surface area contributed by atoms with Crippen LogP contribution in [0.3, 0.4) is 0 Å². The second-order valence-corrected chi connectivity index (χ2v) is 6.60. The lowest BCUT2D eigenvalue weighted by atomic mass is 9.89. The number of para-hydroxylation sites is 1. The van der Waals surface area contributed by atoms with Crippen molar-refractivity contribution in [2.24, 2.45) is 5.92 Å². The molecule has 1 aromatic rings. The fourth-order valence-corrected chi connectivity index (χ4v) is 3.05. The number of nitrogens with one attached hydrogen (secondary N) is 1. The largest absolute Gasteiger partial charge is 0.493 e. The van der Waals surface area contributed by atoms with Crippen molar-refractivity contribution in [1.29, 1.82) is 0 Å². The van der Waals surface area contributed by atoms with Gasteiger partial charge in [0.05, 0.1) is 13.2 Å². The number of methoxy groups -OCH3 is 1. The van der Waals surface area contributed by atoms with E-state index in [-0.39, 0.29) is 0 Å². The molecular formula is C18H27NO2. The SMILES string of the molecule is COc1cccc(CNC2CC2)c1OC1CCC(C)CC1. The third-order valence-electron chi connectivity index (χ3n) is 4.69. The van der Waals surface area contributed by atoms with Gasteiger partial charge in [0.1, 0.15) is 0 Å². The lowest BCUT2D eigenvalue weighted by Gasteiger charge is -2.28. The molecule has 116 valence electrons. The van der Waals surface area contributed by atoms with Crippen LogP contribution in [-0.4, -0.2) is 19.3 Å². The molecule has 2 aliphatic carbocycles. The van der Waals surface area contributed by atoms with Crippen molar-refractivity contribution >= 4 is 0 Å². The first-order valence-corrected chi connectivity index (χ1v) is 8.32. The minimum Gasteiger partial charge on any atom is -0.493 e. The normalized spacial score (nSPS) is 25.6. The Morgan fingerprint density at radius 2 is 1.86 bits per heavy atom. The first-order chi connectivity index (χ1) is 10.3. The summed E-state index contributed by atoms with van der Waals surface area (Å²) in [5, 5.41) is 3.57. The van der Waals surface area contributed by atoms with E-state index in [1.807, 2.05) is 6.07 Å². The molecule has 0 aliphatic heterocycles. The van der Waals surface area contributed by atoms with Gasteiger partial charge in [-0.05, 0) is 50.5 Å². The Morgan fingerprint density at radius 1 is 1.10 bits per heavy atom. The van der Waals surface area contributed by atoms with Crippen LogP contribution in [0.25, 0.3) is 0 Å². The Balaban J connectivity index is 1.70. The molecule has 2 aliphatic rings. The Hall–Kier alpha value is -1.22. The summed E-state index contributed by atoms with van der Waals surface area (Å²) in [7, 11) is 1.73. The fraction of sp³-hybridized carbons (Fsp3) is 0.667. The molecule has 0 atom stereocenters. The highest BCUT2D eigenvalue weighted by Gasteiger charge is 2.24. The second kappa shape index (κ2) is 6.69. The molecule has 0 radical (unpaired) electrons. The average Bonchev–Trinajstić information content (AvgIpc) is 3.32. The lowest BCUT2D eigenvalue weighted by molar-refractivity contribution is 0.130. The van der Waals surface area contributed by atoms with Crippen molar-refractivity contribution in [2.45, 2.75) is 64.1 Å². The first-order valence-electron chi connectivity index (χ1n) is 8.32. The number of hydrogen-bond donors (Lipinski definition) is 1. The number of benzene rings is 1. The molecule has 1 aromatic carbocycles. The summed E-state index contributed by atoms with van der Waals surface area (Å²) in [5.41, 5.74) is 1.22. The van der Waals surface area contributed by atoms with E-state index in [0.29, 0.717) is 12.1 Å². The zero-order valence-electron chi connectivity index (χ0n) is 13.2. The smallest absolute Gasteiger partial charge is 0.166 e. The first kappa shape index (κ1) is 14.7. The molecule has 2 fully saturated rings.